The summed E-state index contributed by atoms with van der Waals surface area (Å²) in [5, 5.41) is 9.29. The van der Waals surface area contributed by atoms with Crippen LogP contribution in [0.3, 0.4) is 0 Å². The van der Waals surface area contributed by atoms with E-state index in [1.54, 1.807) is 0 Å². The molecule has 0 saturated carbocycles. The molecular weight excluding hydrogens is 328 g/mol. The van der Waals surface area contributed by atoms with E-state index in [-0.39, 0.29) is 12.0 Å². The first-order valence-electron chi connectivity index (χ1n) is 8.15. The maximum atomic E-state index is 12.1. The fraction of sp³-hybridized carbons (Fsp3) is 0.471. The van der Waals surface area contributed by atoms with E-state index >= 15 is 0 Å². The van der Waals surface area contributed by atoms with Crippen molar-refractivity contribution < 1.29 is 9.53 Å². The van der Waals surface area contributed by atoms with Crippen LogP contribution in [0.15, 0.2) is 24.3 Å². The number of benzene rings is 1. The molecule has 3 rings (SSSR count). The van der Waals surface area contributed by atoms with E-state index < -0.39 is 0 Å². The van der Waals surface area contributed by atoms with Crippen LogP contribution in [0.1, 0.15) is 25.6 Å². The fourth-order valence-corrected chi connectivity index (χ4v) is 3.18. The van der Waals surface area contributed by atoms with Gasteiger partial charge in [0, 0.05) is 17.6 Å². The Kier molecular flexibility index (Phi) is 5.16. The highest BCUT2D eigenvalue weighted by molar-refractivity contribution is 6.30. The van der Waals surface area contributed by atoms with Crippen molar-refractivity contribution in [2.45, 2.75) is 32.4 Å². The van der Waals surface area contributed by atoms with Gasteiger partial charge in [-0.3, -0.25) is 9.69 Å². The topological polar surface area (TPSA) is 60.2 Å². The number of rotatable bonds is 5. The van der Waals surface area contributed by atoms with Gasteiger partial charge in [-0.2, -0.15) is 0 Å². The highest BCUT2D eigenvalue weighted by Gasteiger charge is 2.32. The number of hydrogen-bond acceptors (Lipinski definition) is 5. The van der Waals surface area contributed by atoms with Gasteiger partial charge in [-0.25, -0.2) is 0 Å². The Bertz CT molecular complexity index is 714. The Morgan fingerprint density at radius 1 is 1.33 bits per heavy atom. The third-order valence-corrected chi connectivity index (χ3v) is 4.59. The summed E-state index contributed by atoms with van der Waals surface area (Å²) in [6.45, 7) is 3.69. The van der Waals surface area contributed by atoms with Gasteiger partial charge in [-0.05, 0) is 50.6 Å². The molecule has 1 aliphatic rings. The number of likely N-dealkylation sites (tertiary alicyclic amines) is 1. The van der Waals surface area contributed by atoms with Gasteiger partial charge in [-0.1, -0.05) is 11.6 Å². The maximum absolute atomic E-state index is 12.1. The molecule has 1 atom stereocenters. The molecule has 7 heteroatoms. The first-order chi connectivity index (χ1) is 11.6. The molecule has 2 aromatic rings. The minimum absolute atomic E-state index is 0.143. The van der Waals surface area contributed by atoms with Crippen molar-refractivity contribution in [3.63, 3.8) is 0 Å². The summed E-state index contributed by atoms with van der Waals surface area (Å²) in [7, 11) is 1.94. The lowest BCUT2D eigenvalue weighted by atomic mass is 10.2. The zero-order valence-electron chi connectivity index (χ0n) is 13.9. The van der Waals surface area contributed by atoms with Crippen molar-refractivity contribution in [1.29, 1.82) is 0 Å². The Labute approximate surface area is 146 Å². The molecule has 0 amide bonds. The van der Waals surface area contributed by atoms with Crippen molar-refractivity contribution in [1.82, 2.24) is 19.7 Å². The number of carbonyl (C=O) groups excluding carboxylic acids is 1. The molecule has 0 unspecified atom stereocenters. The lowest BCUT2D eigenvalue weighted by molar-refractivity contribution is -0.148. The average molecular weight is 349 g/mol. The summed E-state index contributed by atoms with van der Waals surface area (Å²) in [5.74, 6) is 1.47. The van der Waals surface area contributed by atoms with E-state index in [4.69, 9.17) is 16.3 Å². The lowest BCUT2D eigenvalue weighted by Crippen LogP contribution is -2.37. The first kappa shape index (κ1) is 16.9. The van der Waals surface area contributed by atoms with Gasteiger partial charge in [0.1, 0.15) is 11.9 Å². The number of nitrogens with zero attached hydrogens (tertiary/aromatic N) is 4. The Morgan fingerprint density at radius 3 is 2.79 bits per heavy atom. The second-order valence-electron chi connectivity index (χ2n) is 5.89. The van der Waals surface area contributed by atoms with E-state index in [0.717, 1.165) is 36.6 Å². The predicted octanol–water partition coefficient (Wildman–Crippen LogP) is 2.66. The summed E-state index contributed by atoms with van der Waals surface area (Å²) in [6.07, 6.45) is 1.83. The van der Waals surface area contributed by atoms with Crippen LogP contribution < -0.4 is 0 Å². The van der Waals surface area contributed by atoms with Crippen LogP contribution >= 0.6 is 11.6 Å². The smallest absolute Gasteiger partial charge is 0.323 e. The second kappa shape index (κ2) is 7.32. The number of aromatic nitrogens is 3. The highest BCUT2D eigenvalue weighted by Crippen LogP contribution is 2.23. The van der Waals surface area contributed by atoms with E-state index in [1.165, 1.54) is 0 Å². The standard InChI is InChI=1S/C17H21ClN4O2/c1-3-24-17(23)14-5-4-10-22(14)11-15-19-20-16(21(15)2)12-6-8-13(18)9-7-12/h6-9,14H,3-5,10-11H2,1-2H3/t14-/m1/s1. The molecule has 0 N–H and O–H groups in total. The van der Waals surface area contributed by atoms with E-state index in [9.17, 15) is 4.79 Å². The van der Waals surface area contributed by atoms with Gasteiger partial charge in [0.15, 0.2) is 5.82 Å². The highest BCUT2D eigenvalue weighted by atomic mass is 35.5. The van der Waals surface area contributed by atoms with Crippen LogP contribution in [0.5, 0.6) is 0 Å². The molecule has 1 aliphatic heterocycles. The molecule has 1 fully saturated rings. The van der Waals surface area contributed by atoms with Gasteiger partial charge in [0.25, 0.3) is 0 Å². The third-order valence-electron chi connectivity index (χ3n) is 4.33. The first-order valence-corrected chi connectivity index (χ1v) is 8.53. The van der Waals surface area contributed by atoms with Gasteiger partial charge >= 0.3 is 5.97 Å². The summed E-state index contributed by atoms with van der Waals surface area (Å²) in [6, 6.07) is 7.34. The minimum Gasteiger partial charge on any atom is -0.465 e. The maximum Gasteiger partial charge on any atom is 0.323 e. The molecule has 6 nitrogen and oxygen atoms in total. The number of hydrogen-bond donors (Lipinski definition) is 0. The van der Waals surface area contributed by atoms with Gasteiger partial charge < -0.3 is 9.30 Å². The van der Waals surface area contributed by atoms with Crippen LogP contribution in [0.4, 0.5) is 0 Å². The van der Waals surface area contributed by atoms with Crippen LogP contribution in [-0.4, -0.2) is 44.8 Å². The van der Waals surface area contributed by atoms with Crippen molar-refractivity contribution >= 4 is 17.6 Å². The summed E-state index contributed by atoms with van der Waals surface area (Å²) in [4.78, 5) is 14.2. The Morgan fingerprint density at radius 2 is 2.08 bits per heavy atom. The number of halogens is 1. The molecule has 0 aliphatic carbocycles. The average Bonchev–Trinajstić information content (AvgIpc) is 3.17. The van der Waals surface area contributed by atoms with E-state index in [0.29, 0.717) is 18.2 Å². The lowest BCUT2D eigenvalue weighted by Gasteiger charge is -2.22. The molecular formula is C17H21ClN4O2. The third kappa shape index (κ3) is 3.44. The Balaban J connectivity index is 1.76. The van der Waals surface area contributed by atoms with Crippen molar-refractivity contribution in [3.05, 3.63) is 35.1 Å². The van der Waals surface area contributed by atoms with E-state index in [2.05, 4.69) is 15.1 Å². The predicted molar refractivity (Wildman–Crippen MR) is 91.5 cm³/mol. The second-order valence-corrected chi connectivity index (χ2v) is 6.32. The summed E-state index contributed by atoms with van der Waals surface area (Å²) >= 11 is 5.94. The fourth-order valence-electron chi connectivity index (χ4n) is 3.05. The Hall–Kier alpha value is -1.92. The SMILES string of the molecule is CCOC(=O)[C@H]1CCCN1Cc1nnc(-c2ccc(Cl)cc2)n1C. The van der Waals surface area contributed by atoms with E-state index in [1.807, 2.05) is 42.8 Å². The van der Waals surface area contributed by atoms with Crippen LogP contribution in [0, 0.1) is 0 Å². The zero-order chi connectivity index (χ0) is 17.1. The van der Waals surface area contributed by atoms with Gasteiger partial charge in [-0.15, -0.1) is 10.2 Å². The number of esters is 1. The van der Waals surface area contributed by atoms with Crippen molar-refractivity contribution in [2.24, 2.45) is 7.05 Å². The van der Waals surface area contributed by atoms with Crippen LogP contribution in [-0.2, 0) is 23.1 Å². The molecule has 0 spiro atoms. The molecule has 1 aromatic heterocycles. The summed E-state index contributed by atoms with van der Waals surface area (Å²) < 4.78 is 7.14. The molecule has 1 saturated heterocycles. The zero-order valence-corrected chi connectivity index (χ0v) is 14.7. The molecule has 0 bridgehead atoms. The monoisotopic (exact) mass is 348 g/mol. The number of carbonyl (C=O) groups is 1. The van der Waals surface area contributed by atoms with Crippen molar-refractivity contribution in [2.75, 3.05) is 13.2 Å². The molecule has 0 radical (unpaired) electrons. The van der Waals surface area contributed by atoms with Gasteiger partial charge in [0.05, 0.1) is 13.2 Å². The molecule has 128 valence electrons. The molecule has 24 heavy (non-hydrogen) atoms. The largest absolute Gasteiger partial charge is 0.465 e. The molecule has 2 heterocycles. The molecule has 1 aromatic carbocycles. The minimum atomic E-state index is -0.180. The summed E-state index contributed by atoms with van der Waals surface area (Å²) in [5.41, 5.74) is 0.962. The van der Waals surface area contributed by atoms with Crippen molar-refractivity contribution in [3.8, 4) is 11.4 Å². The van der Waals surface area contributed by atoms with Gasteiger partial charge in [0.2, 0.25) is 0 Å². The van der Waals surface area contributed by atoms with Crippen LogP contribution in [0.2, 0.25) is 5.02 Å². The number of ether oxygens (including phenoxy) is 1. The normalized spacial score (nSPS) is 18.0. The quantitative estimate of drug-likeness (QED) is 0.777. The van der Waals surface area contributed by atoms with Crippen LogP contribution in [0.25, 0.3) is 11.4 Å².